The highest BCUT2D eigenvalue weighted by atomic mass is 35.5. The number of nitrogens with zero attached hydrogens (tertiary/aromatic N) is 1. The van der Waals surface area contributed by atoms with Gasteiger partial charge in [-0.05, 0) is 25.1 Å². The summed E-state index contributed by atoms with van der Waals surface area (Å²) in [5.41, 5.74) is 1.58. The molecule has 3 rings (SSSR count). The molecule has 5 heteroatoms. The Hall–Kier alpha value is -2.46. The van der Waals surface area contributed by atoms with Crippen LogP contribution in [-0.4, -0.2) is 31.0 Å². The number of hydrogen-bond acceptors (Lipinski definition) is 3. The molecule has 0 aliphatic heterocycles. The predicted molar refractivity (Wildman–Crippen MR) is 94.9 cm³/mol. The molecule has 124 valence electrons. The third-order valence-electron chi connectivity index (χ3n) is 3.91. The molecule has 0 aliphatic carbocycles. The van der Waals surface area contributed by atoms with Crippen LogP contribution in [0.25, 0.3) is 11.0 Å². The number of para-hydroxylation sites is 2. The lowest BCUT2D eigenvalue weighted by atomic mass is 10.1. The highest BCUT2D eigenvalue weighted by Gasteiger charge is 2.20. The normalized spacial score (nSPS) is 10.8. The van der Waals surface area contributed by atoms with Gasteiger partial charge in [0.15, 0.2) is 5.76 Å². The van der Waals surface area contributed by atoms with Gasteiger partial charge in [0.05, 0.1) is 11.6 Å². The highest BCUT2D eigenvalue weighted by molar-refractivity contribution is 6.32. The van der Waals surface area contributed by atoms with Crippen molar-refractivity contribution in [3.05, 3.63) is 64.9 Å². The van der Waals surface area contributed by atoms with Gasteiger partial charge in [0.25, 0.3) is 5.91 Å². The number of rotatable bonds is 5. The number of halogens is 1. The fourth-order valence-electron chi connectivity index (χ4n) is 2.51. The van der Waals surface area contributed by atoms with Crippen molar-refractivity contribution >= 4 is 28.5 Å². The Morgan fingerprint density at radius 1 is 1.17 bits per heavy atom. The van der Waals surface area contributed by atoms with Gasteiger partial charge >= 0.3 is 0 Å². The standard InChI is InChI=1S/C19H18ClNO3/c1-13-14-7-3-5-9-16(14)24-18(13)19(22)21(2)11-12-23-17-10-6-4-8-15(17)20/h3-10H,11-12H2,1-2H3. The van der Waals surface area contributed by atoms with Crippen LogP contribution in [0, 0.1) is 6.92 Å². The molecule has 1 heterocycles. The topological polar surface area (TPSA) is 42.7 Å². The number of fused-ring (bicyclic) bond motifs is 1. The largest absolute Gasteiger partial charge is 0.490 e. The summed E-state index contributed by atoms with van der Waals surface area (Å²) in [4.78, 5) is 14.2. The zero-order valence-corrected chi connectivity index (χ0v) is 14.3. The Bertz CT molecular complexity index is 872. The molecule has 1 aromatic heterocycles. The van der Waals surface area contributed by atoms with E-state index >= 15 is 0 Å². The minimum absolute atomic E-state index is 0.161. The van der Waals surface area contributed by atoms with Crippen LogP contribution in [-0.2, 0) is 0 Å². The first kappa shape index (κ1) is 16.4. The molecule has 24 heavy (non-hydrogen) atoms. The number of amides is 1. The Labute approximate surface area is 145 Å². The Morgan fingerprint density at radius 3 is 2.62 bits per heavy atom. The van der Waals surface area contributed by atoms with Crippen molar-refractivity contribution in [2.24, 2.45) is 0 Å². The van der Waals surface area contributed by atoms with E-state index < -0.39 is 0 Å². The number of carbonyl (C=O) groups excluding carboxylic acids is 1. The Kier molecular flexibility index (Phi) is 4.76. The van der Waals surface area contributed by atoms with Crippen molar-refractivity contribution in [3.8, 4) is 5.75 Å². The SMILES string of the molecule is Cc1c(C(=O)N(C)CCOc2ccccc2Cl)oc2ccccc12. The number of carbonyl (C=O) groups is 1. The third kappa shape index (κ3) is 3.24. The van der Waals surface area contributed by atoms with E-state index in [-0.39, 0.29) is 5.91 Å². The van der Waals surface area contributed by atoms with Crippen molar-refractivity contribution in [1.29, 1.82) is 0 Å². The molecular weight excluding hydrogens is 326 g/mol. The van der Waals surface area contributed by atoms with Gasteiger partial charge in [-0.25, -0.2) is 0 Å². The first-order valence-electron chi connectivity index (χ1n) is 7.69. The van der Waals surface area contributed by atoms with Crippen LogP contribution in [0.2, 0.25) is 5.02 Å². The summed E-state index contributed by atoms with van der Waals surface area (Å²) in [6, 6.07) is 14.9. The zero-order chi connectivity index (χ0) is 17.1. The van der Waals surface area contributed by atoms with Gasteiger partial charge < -0.3 is 14.1 Å². The summed E-state index contributed by atoms with van der Waals surface area (Å²) in [7, 11) is 1.73. The lowest BCUT2D eigenvalue weighted by molar-refractivity contribution is 0.0744. The molecule has 0 atom stereocenters. The summed E-state index contributed by atoms with van der Waals surface area (Å²) in [5, 5.41) is 1.51. The first-order chi connectivity index (χ1) is 11.6. The molecule has 0 N–H and O–H groups in total. The van der Waals surface area contributed by atoms with Gasteiger partial charge in [0.2, 0.25) is 0 Å². The van der Waals surface area contributed by atoms with E-state index in [1.54, 1.807) is 24.1 Å². The third-order valence-corrected chi connectivity index (χ3v) is 4.22. The van der Waals surface area contributed by atoms with Gasteiger partial charge in [0.1, 0.15) is 17.9 Å². The molecule has 0 saturated carbocycles. The molecule has 0 bridgehead atoms. The average Bonchev–Trinajstić information content (AvgIpc) is 2.93. The van der Waals surface area contributed by atoms with Crippen molar-refractivity contribution in [2.45, 2.75) is 6.92 Å². The number of likely N-dealkylation sites (N-methyl/N-ethyl adjacent to an activating group) is 1. The van der Waals surface area contributed by atoms with E-state index in [1.807, 2.05) is 43.3 Å². The lowest BCUT2D eigenvalue weighted by Crippen LogP contribution is -2.31. The van der Waals surface area contributed by atoms with E-state index in [2.05, 4.69) is 0 Å². The molecule has 1 amide bonds. The highest BCUT2D eigenvalue weighted by Crippen LogP contribution is 2.26. The van der Waals surface area contributed by atoms with Gasteiger partial charge in [-0.3, -0.25) is 4.79 Å². The molecular formula is C19H18ClNO3. The predicted octanol–water partition coefficient (Wildman–Crippen LogP) is 4.55. The van der Waals surface area contributed by atoms with Crippen molar-refractivity contribution in [3.63, 3.8) is 0 Å². The van der Waals surface area contributed by atoms with Crippen LogP contribution in [0.1, 0.15) is 16.1 Å². The van der Waals surface area contributed by atoms with E-state index in [9.17, 15) is 4.79 Å². The first-order valence-corrected chi connectivity index (χ1v) is 8.06. The molecule has 0 radical (unpaired) electrons. The maximum absolute atomic E-state index is 12.6. The van der Waals surface area contributed by atoms with E-state index in [1.165, 1.54) is 0 Å². The van der Waals surface area contributed by atoms with Crippen LogP contribution in [0.15, 0.2) is 52.9 Å². The van der Waals surface area contributed by atoms with Crippen LogP contribution < -0.4 is 4.74 Å². The molecule has 3 aromatic rings. The minimum Gasteiger partial charge on any atom is -0.490 e. The van der Waals surface area contributed by atoms with Gasteiger partial charge in [-0.2, -0.15) is 0 Å². The second-order valence-corrected chi connectivity index (χ2v) is 5.97. The van der Waals surface area contributed by atoms with Crippen molar-refractivity contribution in [1.82, 2.24) is 4.90 Å². The summed E-state index contributed by atoms with van der Waals surface area (Å²) in [6.45, 7) is 2.68. The molecule has 0 saturated heterocycles. The Balaban J connectivity index is 1.66. The zero-order valence-electron chi connectivity index (χ0n) is 13.6. The monoisotopic (exact) mass is 343 g/mol. The molecule has 0 fully saturated rings. The molecule has 2 aromatic carbocycles. The van der Waals surface area contributed by atoms with E-state index in [4.69, 9.17) is 20.8 Å². The number of aryl methyl sites for hydroxylation is 1. The van der Waals surface area contributed by atoms with Crippen LogP contribution in [0.3, 0.4) is 0 Å². The summed E-state index contributed by atoms with van der Waals surface area (Å²) in [5.74, 6) is 0.822. The van der Waals surface area contributed by atoms with E-state index in [0.29, 0.717) is 29.7 Å². The fourth-order valence-corrected chi connectivity index (χ4v) is 2.70. The molecule has 0 unspecified atom stereocenters. The number of furan rings is 1. The fraction of sp³-hybridized carbons (Fsp3) is 0.211. The summed E-state index contributed by atoms with van der Waals surface area (Å²) >= 11 is 6.04. The number of ether oxygens (including phenoxy) is 1. The second-order valence-electron chi connectivity index (χ2n) is 5.56. The second kappa shape index (κ2) is 6.97. The maximum atomic E-state index is 12.6. The van der Waals surface area contributed by atoms with Crippen LogP contribution in [0.5, 0.6) is 5.75 Å². The summed E-state index contributed by atoms with van der Waals surface area (Å²) < 4.78 is 11.3. The van der Waals surface area contributed by atoms with Crippen LogP contribution >= 0.6 is 11.6 Å². The number of benzene rings is 2. The molecule has 4 nitrogen and oxygen atoms in total. The lowest BCUT2D eigenvalue weighted by Gasteiger charge is -2.17. The minimum atomic E-state index is -0.161. The number of hydrogen-bond donors (Lipinski definition) is 0. The average molecular weight is 344 g/mol. The van der Waals surface area contributed by atoms with Crippen LogP contribution in [0.4, 0.5) is 0 Å². The molecule has 0 spiro atoms. The van der Waals surface area contributed by atoms with Gasteiger partial charge in [0, 0.05) is 18.0 Å². The van der Waals surface area contributed by atoms with E-state index in [0.717, 1.165) is 16.5 Å². The smallest absolute Gasteiger partial charge is 0.289 e. The molecule has 0 aliphatic rings. The Morgan fingerprint density at radius 2 is 1.88 bits per heavy atom. The van der Waals surface area contributed by atoms with Gasteiger partial charge in [-0.1, -0.05) is 41.9 Å². The quantitative estimate of drug-likeness (QED) is 0.682. The summed E-state index contributed by atoms with van der Waals surface area (Å²) in [6.07, 6.45) is 0. The van der Waals surface area contributed by atoms with Gasteiger partial charge in [-0.15, -0.1) is 0 Å². The van der Waals surface area contributed by atoms with Crippen molar-refractivity contribution < 1.29 is 13.9 Å². The van der Waals surface area contributed by atoms with Crippen molar-refractivity contribution in [2.75, 3.05) is 20.2 Å². The maximum Gasteiger partial charge on any atom is 0.289 e.